The van der Waals surface area contributed by atoms with E-state index in [1.165, 1.54) is 0 Å². The van der Waals surface area contributed by atoms with Gasteiger partial charge in [-0.25, -0.2) is 0 Å². The molecule has 0 bridgehead atoms. The number of rotatable bonds is 8. The van der Waals surface area contributed by atoms with E-state index in [0.717, 1.165) is 12.1 Å². The van der Waals surface area contributed by atoms with Crippen LogP contribution in [-0.2, 0) is 0 Å². The molecule has 4 N–H and O–H groups in total. The predicted octanol–water partition coefficient (Wildman–Crippen LogP) is 2.59. The molecule has 0 spiro atoms. The summed E-state index contributed by atoms with van der Waals surface area (Å²) in [7, 11) is -1.97. The number of allylic oxidation sites excluding steroid dienone is 2. The third-order valence-corrected chi connectivity index (χ3v) is 5.52. The van der Waals surface area contributed by atoms with Crippen LogP contribution >= 0.6 is 0 Å². The first-order chi connectivity index (χ1) is 8.54. The predicted molar refractivity (Wildman–Crippen MR) is 87.8 cm³/mol. The van der Waals surface area contributed by atoms with Crippen LogP contribution in [0.3, 0.4) is 0 Å². The number of hydrazine groups is 2. The van der Waals surface area contributed by atoms with Crippen LogP contribution in [0, 0.1) is 0 Å². The SMILES string of the molecule is C=CC[Si](CC=C)(NNC(C)(C)C)NNC(C)(C)C. The molecule has 112 valence electrons. The van der Waals surface area contributed by atoms with E-state index >= 15 is 0 Å². The van der Waals surface area contributed by atoms with E-state index in [1.54, 1.807) is 0 Å². The van der Waals surface area contributed by atoms with Crippen LogP contribution in [0.5, 0.6) is 0 Å². The first-order valence-electron chi connectivity index (χ1n) is 6.84. The Labute approximate surface area is 120 Å². The molecule has 0 aromatic rings. The van der Waals surface area contributed by atoms with Crippen molar-refractivity contribution in [2.45, 2.75) is 64.7 Å². The maximum Gasteiger partial charge on any atom is 0.236 e. The van der Waals surface area contributed by atoms with Gasteiger partial charge < -0.3 is 0 Å². The summed E-state index contributed by atoms with van der Waals surface area (Å²) in [5.74, 6) is 0. The van der Waals surface area contributed by atoms with Gasteiger partial charge in [-0.1, -0.05) is 12.2 Å². The van der Waals surface area contributed by atoms with E-state index in [0.29, 0.717) is 0 Å². The monoisotopic (exact) mass is 284 g/mol. The molecule has 0 saturated carbocycles. The zero-order chi connectivity index (χ0) is 15.2. The first kappa shape index (κ1) is 18.5. The highest BCUT2D eigenvalue weighted by molar-refractivity contribution is 6.75. The van der Waals surface area contributed by atoms with Crippen molar-refractivity contribution in [3.8, 4) is 0 Å². The van der Waals surface area contributed by atoms with Crippen molar-refractivity contribution >= 4 is 8.40 Å². The largest absolute Gasteiger partial charge is 0.262 e. The summed E-state index contributed by atoms with van der Waals surface area (Å²) in [4.78, 5) is 0. The van der Waals surface area contributed by atoms with Gasteiger partial charge >= 0.3 is 0 Å². The van der Waals surface area contributed by atoms with E-state index in [4.69, 9.17) is 0 Å². The van der Waals surface area contributed by atoms with Crippen LogP contribution in [0.25, 0.3) is 0 Å². The van der Waals surface area contributed by atoms with Gasteiger partial charge in [0, 0.05) is 11.1 Å². The highest BCUT2D eigenvalue weighted by Crippen LogP contribution is 2.11. The summed E-state index contributed by atoms with van der Waals surface area (Å²) < 4.78 is 0. The van der Waals surface area contributed by atoms with E-state index < -0.39 is 8.40 Å². The van der Waals surface area contributed by atoms with Gasteiger partial charge in [-0.15, -0.1) is 13.2 Å². The standard InChI is InChI=1S/C14H32N4Si/c1-9-11-19(12-10-2,17-15-13(3,4)5)18-16-14(6,7)8/h9-10,15-18H,1-2,11-12H2,3-8H3. The van der Waals surface area contributed by atoms with Gasteiger partial charge in [-0.3, -0.25) is 21.0 Å². The van der Waals surface area contributed by atoms with Gasteiger partial charge in [-0.05, 0) is 53.6 Å². The summed E-state index contributed by atoms with van der Waals surface area (Å²) in [6.07, 6.45) is 3.93. The van der Waals surface area contributed by atoms with Crippen molar-refractivity contribution < 1.29 is 0 Å². The lowest BCUT2D eigenvalue weighted by atomic mass is 10.1. The van der Waals surface area contributed by atoms with Crippen molar-refractivity contribution in [3.63, 3.8) is 0 Å². The second-order valence-electron chi connectivity index (χ2n) is 7.07. The fourth-order valence-electron chi connectivity index (χ4n) is 1.43. The molecule has 19 heavy (non-hydrogen) atoms. The van der Waals surface area contributed by atoms with Gasteiger partial charge in [0.25, 0.3) is 0 Å². The number of hydrogen-bond donors (Lipinski definition) is 4. The summed E-state index contributed by atoms with van der Waals surface area (Å²) in [5, 5.41) is 7.04. The Morgan fingerprint density at radius 1 is 0.789 bits per heavy atom. The topological polar surface area (TPSA) is 48.1 Å². The van der Waals surface area contributed by atoms with Gasteiger partial charge in [0.1, 0.15) is 0 Å². The Balaban J connectivity index is 4.84. The van der Waals surface area contributed by atoms with Crippen LogP contribution in [0.2, 0.25) is 12.1 Å². The lowest BCUT2D eigenvalue weighted by Crippen LogP contribution is -2.73. The molecule has 0 aliphatic carbocycles. The summed E-state index contributed by atoms with van der Waals surface area (Å²) in [5.41, 5.74) is 6.80. The molecule has 0 amide bonds. The molecule has 0 aromatic heterocycles. The molecular weight excluding hydrogens is 252 g/mol. The molecule has 0 fully saturated rings. The molecule has 0 saturated heterocycles. The zero-order valence-electron chi connectivity index (χ0n) is 13.5. The zero-order valence-corrected chi connectivity index (χ0v) is 14.5. The van der Waals surface area contributed by atoms with Crippen LogP contribution in [-0.4, -0.2) is 19.5 Å². The molecule has 0 aliphatic rings. The first-order valence-corrected chi connectivity index (χ1v) is 9.25. The minimum absolute atomic E-state index is 0.0179. The van der Waals surface area contributed by atoms with Crippen LogP contribution in [0.15, 0.2) is 25.3 Å². The van der Waals surface area contributed by atoms with E-state index in [-0.39, 0.29) is 11.1 Å². The molecule has 0 aromatic carbocycles. The van der Waals surface area contributed by atoms with Gasteiger partial charge in [-0.2, -0.15) is 0 Å². The van der Waals surface area contributed by atoms with Crippen molar-refractivity contribution in [2.75, 3.05) is 0 Å². The van der Waals surface area contributed by atoms with Crippen molar-refractivity contribution in [2.24, 2.45) is 0 Å². The van der Waals surface area contributed by atoms with Crippen molar-refractivity contribution in [3.05, 3.63) is 25.3 Å². The Kier molecular flexibility index (Phi) is 7.17. The smallest absolute Gasteiger partial charge is 0.236 e. The van der Waals surface area contributed by atoms with E-state index in [2.05, 4.69) is 75.7 Å². The van der Waals surface area contributed by atoms with Gasteiger partial charge in [0.15, 0.2) is 0 Å². The van der Waals surface area contributed by atoms with Crippen molar-refractivity contribution in [1.29, 1.82) is 0 Å². The minimum Gasteiger partial charge on any atom is -0.262 e. The Hall–Kier alpha value is -0.463. The fourth-order valence-corrected chi connectivity index (χ4v) is 4.28. The third kappa shape index (κ3) is 9.13. The molecule has 0 heterocycles. The Bertz CT molecular complexity index is 259. The summed E-state index contributed by atoms with van der Waals surface area (Å²) >= 11 is 0. The average Bonchev–Trinajstić information content (AvgIpc) is 2.22. The third-order valence-electron chi connectivity index (χ3n) is 2.34. The molecule has 0 aliphatic heterocycles. The second-order valence-corrected chi connectivity index (χ2v) is 10.5. The average molecular weight is 285 g/mol. The maximum absolute atomic E-state index is 3.88. The fraction of sp³-hybridized carbons (Fsp3) is 0.714. The van der Waals surface area contributed by atoms with Crippen LogP contribution in [0.4, 0.5) is 0 Å². The number of nitrogens with one attached hydrogen (secondary N) is 4. The molecule has 4 nitrogen and oxygen atoms in total. The quantitative estimate of drug-likeness (QED) is 0.314. The van der Waals surface area contributed by atoms with Crippen LogP contribution in [0.1, 0.15) is 41.5 Å². The van der Waals surface area contributed by atoms with Gasteiger partial charge in [0.2, 0.25) is 8.40 Å². The van der Waals surface area contributed by atoms with Crippen LogP contribution < -0.4 is 21.0 Å². The molecular formula is C14H32N4Si. The maximum atomic E-state index is 3.88. The van der Waals surface area contributed by atoms with Crippen molar-refractivity contribution in [1.82, 2.24) is 21.0 Å². The molecule has 0 unspecified atom stereocenters. The molecule has 0 radical (unpaired) electrons. The number of hydrogen-bond acceptors (Lipinski definition) is 4. The normalized spacial score (nSPS) is 13.4. The highest BCUT2D eigenvalue weighted by atomic mass is 28.3. The van der Waals surface area contributed by atoms with E-state index in [1.807, 2.05) is 12.2 Å². The minimum atomic E-state index is -1.97. The highest BCUT2D eigenvalue weighted by Gasteiger charge is 2.33. The van der Waals surface area contributed by atoms with Gasteiger partial charge in [0.05, 0.1) is 0 Å². The summed E-state index contributed by atoms with van der Waals surface area (Å²) in [6, 6.07) is 1.82. The Morgan fingerprint density at radius 3 is 1.32 bits per heavy atom. The summed E-state index contributed by atoms with van der Waals surface area (Å²) in [6.45, 7) is 20.6. The molecule has 5 heteroatoms. The lowest BCUT2D eigenvalue weighted by Gasteiger charge is -2.37. The second kappa shape index (κ2) is 7.35. The Morgan fingerprint density at radius 2 is 1.11 bits per heavy atom. The lowest BCUT2D eigenvalue weighted by molar-refractivity contribution is 0.375. The van der Waals surface area contributed by atoms with E-state index in [9.17, 15) is 0 Å². The molecule has 0 atom stereocenters. The molecule has 0 rings (SSSR count).